The molecule has 17 heavy (non-hydrogen) atoms. The molecule has 0 bridgehead atoms. The zero-order valence-electron chi connectivity index (χ0n) is 9.67. The third-order valence-electron chi connectivity index (χ3n) is 3.75. The van der Waals surface area contributed by atoms with Crippen LogP contribution in [0.4, 0.5) is 0 Å². The van der Waals surface area contributed by atoms with E-state index in [1.165, 1.54) is 24.0 Å². The normalized spacial score (nSPS) is 27.3. The molecule has 1 N–H and O–H groups in total. The van der Waals surface area contributed by atoms with E-state index in [-0.39, 0.29) is 5.54 Å². The van der Waals surface area contributed by atoms with E-state index in [9.17, 15) is 5.26 Å². The first-order valence-corrected chi connectivity index (χ1v) is 6.96. The van der Waals surface area contributed by atoms with E-state index in [0.29, 0.717) is 6.04 Å². The Balaban J connectivity index is 1.87. The second-order valence-electron chi connectivity index (χ2n) is 5.20. The topological polar surface area (TPSA) is 35.8 Å². The van der Waals surface area contributed by atoms with Gasteiger partial charge in [0.25, 0.3) is 0 Å². The molecule has 0 aliphatic heterocycles. The predicted octanol–water partition coefficient (Wildman–Crippen LogP) is 2.95. The van der Waals surface area contributed by atoms with E-state index < -0.39 is 0 Å². The van der Waals surface area contributed by atoms with Crippen molar-refractivity contribution >= 4 is 15.9 Å². The van der Waals surface area contributed by atoms with Crippen LogP contribution in [0.15, 0.2) is 22.7 Å². The van der Waals surface area contributed by atoms with E-state index in [2.05, 4.69) is 45.5 Å². The van der Waals surface area contributed by atoms with Gasteiger partial charge in [0.15, 0.2) is 0 Å². The van der Waals surface area contributed by atoms with Gasteiger partial charge in [-0.05, 0) is 48.9 Å². The number of hydrogen-bond acceptors (Lipinski definition) is 2. The maximum Gasteiger partial charge on any atom is 0.111 e. The minimum atomic E-state index is -0.317. The van der Waals surface area contributed by atoms with Gasteiger partial charge in [-0.1, -0.05) is 22.0 Å². The number of rotatable bonds is 2. The van der Waals surface area contributed by atoms with E-state index in [1.54, 1.807) is 0 Å². The average molecular weight is 291 g/mol. The summed E-state index contributed by atoms with van der Waals surface area (Å²) < 4.78 is 1.14. The molecule has 88 valence electrons. The highest BCUT2D eigenvalue weighted by Crippen LogP contribution is 2.33. The quantitative estimate of drug-likeness (QED) is 0.909. The Hall–Kier alpha value is -0.850. The van der Waals surface area contributed by atoms with Crippen LogP contribution in [0.5, 0.6) is 0 Å². The number of fused-ring (bicyclic) bond motifs is 1. The first kappa shape index (κ1) is 11.3. The molecule has 0 aromatic heterocycles. The van der Waals surface area contributed by atoms with Crippen molar-refractivity contribution in [3.63, 3.8) is 0 Å². The molecule has 0 saturated heterocycles. The SMILES string of the molecule is N#CC1(NC2CC2)CCc2cc(Br)ccc2C1. The lowest BCUT2D eigenvalue weighted by Crippen LogP contribution is -2.49. The maximum absolute atomic E-state index is 9.48. The molecular formula is C14H15BrN2. The number of hydrogen-bond donors (Lipinski definition) is 1. The summed E-state index contributed by atoms with van der Waals surface area (Å²) in [6.45, 7) is 0. The molecule has 2 aliphatic carbocycles. The zero-order chi connectivity index (χ0) is 11.9. The summed E-state index contributed by atoms with van der Waals surface area (Å²) in [6, 6.07) is 9.52. The van der Waals surface area contributed by atoms with Crippen LogP contribution < -0.4 is 5.32 Å². The van der Waals surface area contributed by atoms with E-state index in [4.69, 9.17) is 0 Å². The molecule has 0 spiro atoms. The Kier molecular flexibility index (Phi) is 2.72. The van der Waals surface area contributed by atoms with Gasteiger partial charge in [-0.25, -0.2) is 0 Å². The van der Waals surface area contributed by atoms with Crippen molar-refractivity contribution in [3.05, 3.63) is 33.8 Å². The predicted molar refractivity (Wildman–Crippen MR) is 70.7 cm³/mol. The highest BCUT2D eigenvalue weighted by atomic mass is 79.9. The number of nitrogens with one attached hydrogen (secondary N) is 1. The summed E-state index contributed by atoms with van der Waals surface area (Å²) in [4.78, 5) is 0. The third-order valence-corrected chi connectivity index (χ3v) is 4.25. The van der Waals surface area contributed by atoms with Crippen molar-refractivity contribution in [1.29, 1.82) is 5.26 Å². The van der Waals surface area contributed by atoms with Gasteiger partial charge < -0.3 is 0 Å². The van der Waals surface area contributed by atoms with Crippen LogP contribution in [0.3, 0.4) is 0 Å². The molecule has 1 aromatic carbocycles. The summed E-state index contributed by atoms with van der Waals surface area (Å²) in [7, 11) is 0. The van der Waals surface area contributed by atoms with Gasteiger partial charge in [0.05, 0.1) is 6.07 Å². The van der Waals surface area contributed by atoms with Crippen molar-refractivity contribution in [2.75, 3.05) is 0 Å². The van der Waals surface area contributed by atoms with Crippen LogP contribution in [0.2, 0.25) is 0 Å². The lowest BCUT2D eigenvalue weighted by molar-refractivity contribution is 0.363. The highest BCUT2D eigenvalue weighted by Gasteiger charge is 2.38. The molecule has 2 aliphatic rings. The standard InChI is InChI=1S/C14H15BrN2/c15-12-2-1-11-8-14(9-16,17-13-3-4-13)6-5-10(11)7-12/h1-2,7,13,17H,3-6,8H2. The molecule has 0 heterocycles. The Morgan fingerprint density at radius 3 is 2.88 bits per heavy atom. The number of nitriles is 1. The van der Waals surface area contributed by atoms with E-state index in [1.807, 2.05) is 0 Å². The molecule has 0 radical (unpaired) electrons. The maximum atomic E-state index is 9.48. The fourth-order valence-electron chi connectivity index (χ4n) is 2.63. The summed E-state index contributed by atoms with van der Waals surface area (Å²) >= 11 is 3.51. The Morgan fingerprint density at radius 1 is 1.35 bits per heavy atom. The summed E-state index contributed by atoms with van der Waals surface area (Å²) in [5.74, 6) is 0. The Morgan fingerprint density at radius 2 is 2.18 bits per heavy atom. The third kappa shape index (κ3) is 2.25. The molecule has 3 rings (SSSR count). The molecule has 0 amide bonds. The highest BCUT2D eigenvalue weighted by molar-refractivity contribution is 9.10. The second-order valence-corrected chi connectivity index (χ2v) is 6.12. The molecule has 3 heteroatoms. The Labute approximate surface area is 110 Å². The van der Waals surface area contributed by atoms with Gasteiger partial charge in [0, 0.05) is 16.9 Å². The molecular weight excluding hydrogens is 276 g/mol. The zero-order valence-corrected chi connectivity index (χ0v) is 11.3. The van der Waals surface area contributed by atoms with Gasteiger partial charge in [-0.3, -0.25) is 5.32 Å². The lowest BCUT2D eigenvalue weighted by Gasteiger charge is -2.33. The Bertz CT molecular complexity index is 487. The van der Waals surface area contributed by atoms with Crippen LogP contribution in [0.1, 0.15) is 30.4 Å². The van der Waals surface area contributed by atoms with Crippen LogP contribution in [0, 0.1) is 11.3 Å². The van der Waals surface area contributed by atoms with E-state index in [0.717, 1.165) is 23.7 Å². The van der Waals surface area contributed by atoms with Crippen LogP contribution >= 0.6 is 15.9 Å². The van der Waals surface area contributed by atoms with E-state index >= 15 is 0 Å². The molecule has 1 saturated carbocycles. The molecule has 1 atom stereocenters. The van der Waals surface area contributed by atoms with Gasteiger partial charge in [0.1, 0.15) is 5.54 Å². The van der Waals surface area contributed by atoms with Crippen molar-refractivity contribution in [1.82, 2.24) is 5.32 Å². The van der Waals surface area contributed by atoms with Crippen molar-refractivity contribution in [2.45, 2.75) is 43.7 Å². The number of nitrogens with zero attached hydrogens (tertiary/aromatic N) is 1. The smallest absolute Gasteiger partial charge is 0.111 e. The molecule has 1 unspecified atom stereocenters. The summed E-state index contributed by atoms with van der Waals surface area (Å²) in [5, 5.41) is 13.0. The van der Waals surface area contributed by atoms with Crippen molar-refractivity contribution in [3.8, 4) is 6.07 Å². The van der Waals surface area contributed by atoms with Gasteiger partial charge >= 0.3 is 0 Å². The van der Waals surface area contributed by atoms with Gasteiger partial charge in [-0.2, -0.15) is 5.26 Å². The number of benzene rings is 1. The van der Waals surface area contributed by atoms with Gasteiger partial charge in [0.2, 0.25) is 0 Å². The first-order chi connectivity index (χ1) is 8.21. The van der Waals surface area contributed by atoms with Crippen LogP contribution in [0.25, 0.3) is 0 Å². The minimum absolute atomic E-state index is 0.317. The molecule has 1 aromatic rings. The van der Waals surface area contributed by atoms with Crippen molar-refractivity contribution < 1.29 is 0 Å². The van der Waals surface area contributed by atoms with Gasteiger partial charge in [-0.15, -0.1) is 0 Å². The fraction of sp³-hybridized carbons (Fsp3) is 0.500. The average Bonchev–Trinajstić information content (AvgIpc) is 3.13. The molecule has 2 nitrogen and oxygen atoms in total. The second kappa shape index (κ2) is 4.12. The monoisotopic (exact) mass is 290 g/mol. The first-order valence-electron chi connectivity index (χ1n) is 6.17. The summed E-state index contributed by atoms with van der Waals surface area (Å²) in [6.07, 6.45) is 5.25. The number of aryl methyl sites for hydroxylation is 1. The largest absolute Gasteiger partial charge is 0.296 e. The fourth-order valence-corrected chi connectivity index (χ4v) is 3.04. The molecule has 1 fully saturated rings. The summed E-state index contributed by atoms with van der Waals surface area (Å²) in [5.41, 5.74) is 2.40. The lowest BCUT2D eigenvalue weighted by atomic mass is 9.79. The van der Waals surface area contributed by atoms with Crippen LogP contribution in [-0.4, -0.2) is 11.6 Å². The minimum Gasteiger partial charge on any atom is -0.296 e. The van der Waals surface area contributed by atoms with Crippen molar-refractivity contribution in [2.24, 2.45) is 0 Å². The van der Waals surface area contributed by atoms with Crippen LogP contribution in [-0.2, 0) is 12.8 Å². The number of halogens is 1.